The van der Waals surface area contributed by atoms with Gasteiger partial charge in [-0.3, -0.25) is 14.9 Å². The number of carbonyl (C=O) groups excluding carboxylic acids is 1. The quantitative estimate of drug-likeness (QED) is 0.471. The third-order valence-corrected chi connectivity index (χ3v) is 4.66. The molecule has 0 unspecified atom stereocenters. The molecule has 8 nitrogen and oxygen atoms in total. The third-order valence-electron chi connectivity index (χ3n) is 2.35. The van der Waals surface area contributed by atoms with Crippen LogP contribution in [0, 0.1) is 10.1 Å². The molecular formula is C10H10Cl2N2O6S. The Morgan fingerprint density at radius 2 is 2.05 bits per heavy atom. The Kier molecular flexibility index (Phi) is 5.90. The van der Waals surface area contributed by atoms with E-state index >= 15 is 0 Å². The second-order valence-electron chi connectivity index (χ2n) is 3.69. The Balaban J connectivity index is 3.07. The predicted molar refractivity (Wildman–Crippen MR) is 74.9 cm³/mol. The molecule has 0 aromatic heterocycles. The van der Waals surface area contributed by atoms with E-state index in [0.717, 1.165) is 19.2 Å². The molecule has 0 saturated carbocycles. The van der Waals surface area contributed by atoms with Crippen LogP contribution >= 0.6 is 23.2 Å². The fourth-order valence-electron chi connectivity index (χ4n) is 1.36. The van der Waals surface area contributed by atoms with Crippen molar-refractivity contribution in [3.63, 3.8) is 0 Å². The van der Waals surface area contributed by atoms with Crippen LogP contribution < -0.4 is 4.72 Å². The van der Waals surface area contributed by atoms with Crippen molar-refractivity contribution in [1.82, 2.24) is 4.72 Å². The summed E-state index contributed by atoms with van der Waals surface area (Å²) in [5.41, 5.74) is -0.700. The maximum Gasteiger partial charge on any atom is 0.307 e. The van der Waals surface area contributed by atoms with Gasteiger partial charge in [-0.1, -0.05) is 23.2 Å². The summed E-state index contributed by atoms with van der Waals surface area (Å²) in [7, 11) is -2.96. The van der Waals surface area contributed by atoms with Gasteiger partial charge in [-0.05, 0) is 12.1 Å². The summed E-state index contributed by atoms with van der Waals surface area (Å²) in [6.45, 7) is -0.234. The maximum atomic E-state index is 12.0. The molecule has 1 aromatic rings. The highest BCUT2D eigenvalue weighted by Crippen LogP contribution is 2.36. The number of sulfonamides is 1. The smallest absolute Gasteiger partial charge is 0.307 e. The Morgan fingerprint density at radius 3 is 2.57 bits per heavy atom. The number of benzene rings is 1. The molecule has 0 atom stereocenters. The van der Waals surface area contributed by atoms with Crippen LogP contribution in [0.25, 0.3) is 0 Å². The van der Waals surface area contributed by atoms with Crippen molar-refractivity contribution in [3.8, 4) is 0 Å². The van der Waals surface area contributed by atoms with E-state index in [1.54, 1.807) is 0 Å². The summed E-state index contributed by atoms with van der Waals surface area (Å²) >= 11 is 11.3. The highest BCUT2D eigenvalue weighted by molar-refractivity contribution is 7.89. The lowest BCUT2D eigenvalue weighted by atomic mass is 10.3. The van der Waals surface area contributed by atoms with Gasteiger partial charge in [0.1, 0.15) is 14.9 Å². The fraction of sp³-hybridized carbons (Fsp3) is 0.300. The monoisotopic (exact) mass is 356 g/mol. The second-order valence-corrected chi connectivity index (χ2v) is 6.21. The molecule has 0 aliphatic rings. The Bertz CT molecular complexity index is 676. The summed E-state index contributed by atoms with van der Waals surface area (Å²) in [5.74, 6) is -0.606. The van der Waals surface area contributed by atoms with Gasteiger partial charge in [0, 0.05) is 6.54 Å². The number of halogens is 2. The van der Waals surface area contributed by atoms with Gasteiger partial charge >= 0.3 is 11.7 Å². The molecule has 0 aliphatic heterocycles. The molecule has 116 valence electrons. The van der Waals surface area contributed by atoms with Gasteiger partial charge in [0.2, 0.25) is 10.0 Å². The Hall–Kier alpha value is -1.42. The zero-order chi connectivity index (χ0) is 16.2. The number of nitro benzene ring substituents is 1. The number of hydrogen-bond acceptors (Lipinski definition) is 6. The van der Waals surface area contributed by atoms with Crippen LogP contribution in [0.4, 0.5) is 5.69 Å². The van der Waals surface area contributed by atoms with E-state index in [1.165, 1.54) is 0 Å². The van der Waals surface area contributed by atoms with Crippen molar-refractivity contribution < 1.29 is 22.9 Å². The second kappa shape index (κ2) is 7.03. The van der Waals surface area contributed by atoms with Crippen molar-refractivity contribution in [2.75, 3.05) is 13.7 Å². The zero-order valence-corrected chi connectivity index (χ0v) is 13.0. The molecule has 1 rings (SSSR count). The molecule has 11 heteroatoms. The number of carbonyl (C=O) groups is 1. The number of nitro groups is 1. The van der Waals surface area contributed by atoms with Crippen LogP contribution in [0.5, 0.6) is 0 Å². The van der Waals surface area contributed by atoms with Crippen LogP contribution in [-0.2, 0) is 19.6 Å². The SMILES string of the molecule is COC(=O)CCNS(=O)(=O)c1ccc(Cl)c([N+](=O)[O-])c1Cl. The predicted octanol–water partition coefficient (Wildman–Crippen LogP) is 1.74. The molecule has 0 radical (unpaired) electrons. The number of hydrogen-bond donors (Lipinski definition) is 1. The molecule has 0 amide bonds. The zero-order valence-electron chi connectivity index (χ0n) is 10.6. The van der Waals surface area contributed by atoms with Gasteiger partial charge < -0.3 is 4.74 Å². The first-order chi connectivity index (χ1) is 9.70. The van der Waals surface area contributed by atoms with E-state index in [9.17, 15) is 23.3 Å². The molecule has 0 fully saturated rings. The number of ether oxygens (including phenoxy) is 1. The van der Waals surface area contributed by atoms with Gasteiger partial charge in [-0.25, -0.2) is 13.1 Å². The molecular weight excluding hydrogens is 347 g/mol. The summed E-state index contributed by atoms with van der Waals surface area (Å²) < 4.78 is 30.4. The molecule has 0 heterocycles. The standard InChI is InChI=1S/C10H10Cl2N2O6S/c1-20-8(15)4-5-13-21(18,19)7-3-2-6(11)10(9(7)12)14(16)17/h2-3,13H,4-5H2,1H3. The highest BCUT2D eigenvalue weighted by atomic mass is 35.5. The van der Waals surface area contributed by atoms with Crippen molar-refractivity contribution >= 4 is 44.9 Å². The van der Waals surface area contributed by atoms with Gasteiger partial charge in [0.25, 0.3) is 0 Å². The molecule has 1 aromatic carbocycles. The fourth-order valence-corrected chi connectivity index (χ4v) is 3.28. The Labute approximate surface area is 130 Å². The number of nitrogens with zero attached hydrogens (tertiary/aromatic N) is 1. The molecule has 0 saturated heterocycles. The molecule has 0 aliphatic carbocycles. The number of methoxy groups -OCH3 is 1. The van der Waals surface area contributed by atoms with E-state index < -0.39 is 36.5 Å². The lowest BCUT2D eigenvalue weighted by Gasteiger charge is -2.08. The minimum atomic E-state index is -4.12. The summed E-state index contributed by atoms with van der Waals surface area (Å²) in [6.07, 6.45) is -0.191. The minimum absolute atomic E-state index is 0.191. The maximum absolute atomic E-state index is 12.0. The van der Waals surface area contributed by atoms with Gasteiger partial charge in [0.05, 0.1) is 18.5 Å². The molecule has 21 heavy (non-hydrogen) atoms. The van der Waals surface area contributed by atoms with Gasteiger partial charge in [-0.2, -0.15) is 0 Å². The molecule has 1 N–H and O–H groups in total. The summed E-state index contributed by atoms with van der Waals surface area (Å²) in [5, 5.41) is 9.95. The van der Waals surface area contributed by atoms with E-state index in [1.807, 2.05) is 0 Å². The lowest BCUT2D eigenvalue weighted by Crippen LogP contribution is -2.27. The average Bonchev–Trinajstić information content (AvgIpc) is 2.37. The van der Waals surface area contributed by atoms with Crippen LogP contribution in [0.15, 0.2) is 17.0 Å². The lowest BCUT2D eigenvalue weighted by molar-refractivity contribution is -0.384. The number of rotatable bonds is 6. The van der Waals surface area contributed by atoms with E-state index in [2.05, 4.69) is 9.46 Å². The van der Waals surface area contributed by atoms with Crippen LogP contribution in [0.2, 0.25) is 10.0 Å². The summed E-state index contributed by atoms with van der Waals surface area (Å²) in [4.78, 5) is 20.4. The van der Waals surface area contributed by atoms with Crippen molar-refractivity contribution in [1.29, 1.82) is 0 Å². The Morgan fingerprint density at radius 1 is 1.43 bits per heavy atom. The minimum Gasteiger partial charge on any atom is -0.469 e. The van der Waals surface area contributed by atoms with E-state index in [-0.39, 0.29) is 18.0 Å². The van der Waals surface area contributed by atoms with Crippen molar-refractivity contribution in [2.24, 2.45) is 0 Å². The van der Waals surface area contributed by atoms with Gasteiger partial charge in [-0.15, -0.1) is 0 Å². The third kappa shape index (κ3) is 4.27. The van der Waals surface area contributed by atoms with Crippen molar-refractivity contribution in [3.05, 3.63) is 32.3 Å². The first-order valence-corrected chi connectivity index (χ1v) is 7.63. The van der Waals surface area contributed by atoms with Crippen LogP contribution in [0.1, 0.15) is 6.42 Å². The number of nitrogens with one attached hydrogen (secondary N) is 1. The van der Waals surface area contributed by atoms with Crippen LogP contribution in [-0.4, -0.2) is 33.0 Å². The van der Waals surface area contributed by atoms with Crippen molar-refractivity contribution in [2.45, 2.75) is 11.3 Å². The van der Waals surface area contributed by atoms with Gasteiger partial charge in [0.15, 0.2) is 0 Å². The number of esters is 1. The summed E-state index contributed by atoms with van der Waals surface area (Å²) in [6, 6.07) is 2.10. The van der Waals surface area contributed by atoms with E-state index in [4.69, 9.17) is 23.2 Å². The van der Waals surface area contributed by atoms with E-state index in [0.29, 0.717) is 0 Å². The normalized spacial score (nSPS) is 11.2. The topological polar surface area (TPSA) is 116 Å². The average molecular weight is 357 g/mol. The molecule has 0 spiro atoms. The van der Waals surface area contributed by atoms with Crippen LogP contribution in [0.3, 0.4) is 0 Å². The first-order valence-electron chi connectivity index (χ1n) is 5.39. The molecule has 0 bridgehead atoms. The highest BCUT2D eigenvalue weighted by Gasteiger charge is 2.27. The first kappa shape index (κ1) is 17.6. The largest absolute Gasteiger partial charge is 0.469 e.